The molecule has 1 N–H and O–H groups in total. The SMILES string of the molecule is CC(C)S(=O)(=O)CC1CCc2cc(Cn3cc(CO)c(C(F)(F)F)n3)ccc21. The molecule has 3 rings (SSSR count). The number of rotatable bonds is 6. The summed E-state index contributed by atoms with van der Waals surface area (Å²) in [5, 5.41) is 12.3. The number of hydrogen-bond donors (Lipinski definition) is 1. The maximum absolute atomic E-state index is 13.0. The number of sulfone groups is 1. The second kappa shape index (κ2) is 7.51. The third-order valence-electron chi connectivity index (χ3n) is 5.18. The van der Waals surface area contributed by atoms with Crippen molar-refractivity contribution in [2.75, 3.05) is 5.75 Å². The molecule has 0 bridgehead atoms. The van der Waals surface area contributed by atoms with Gasteiger partial charge < -0.3 is 5.11 Å². The van der Waals surface area contributed by atoms with Gasteiger partial charge in [0.1, 0.15) is 0 Å². The Morgan fingerprint density at radius 2 is 2.04 bits per heavy atom. The molecule has 1 aliphatic rings. The van der Waals surface area contributed by atoms with Gasteiger partial charge in [0.2, 0.25) is 0 Å². The number of aliphatic hydroxyl groups excluding tert-OH is 1. The zero-order chi connectivity index (χ0) is 20.7. The largest absolute Gasteiger partial charge is 0.435 e. The molecule has 1 aromatic heterocycles. The normalized spacial score (nSPS) is 17.3. The lowest BCUT2D eigenvalue weighted by Crippen LogP contribution is -2.21. The summed E-state index contributed by atoms with van der Waals surface area (Å²) < 4.78 is 64.5. The van der Waals surface area contributed by atoms with E-state index in [1.54, 1.807) is 19.9 Å². The number of halogens is 3. The third kappa shape index (κ3) is 4.25. The van der Waals surface area contributed by atoms with E-state index >= 15 is 0 Å². The Bertz CT molecular complexity index is 965. The van der Waals surface area contributed by atoms with Gasteiger partial charge in [0.15, 0.2) is 15.5 Å². The van der Waals surface area contributed by atoms with Crippen LogP contribution in [-0.2, 0) is 35.6 Å². The van der Waals surface area contributed by atoms with Gasteiger partial charge in [0.25, 0.3) is 0 Å². The van der Waals surface area contributed by atoms with E-state index in [4.69, 9.17) is 5.11 Å². The first kappa shape index (κ1) is 20.9. The molecule has 0 amide bonds. The van der Waals surface area contributed by atoms with E-state index in [1.165, 1.54) is 10.9 Å². The monoisotopic (exact) mass is 416 g/mol. The minimum Gasteiger partial charge on any atom is -0.392 e. The summed E-state index contributed by atoms with van der Waals surface area (Å²) in [7, 11) is -3.15. The zero-order valence-corrected chi connectivity index (χ0v) is 16.5. The maximum Gasteiger partial charge on any atom is 0.435 e. The number of alkyl halides is 3. The van der Waals surface area contributed by atoms with Gasteiger partial charge >= 0.3 is 6.18 Å². The van der Waals surface area contributed by atoms with Crippen LogP contribution in [0.3, 0.4) is 0 Å². The van der Waals surface area contributed by atoms with Gasteiger partial charge in [-0.2, -0.15) is 18.3 Å². The van der Waals surface area contributed by atoms with Crippen molar-refractivity contribution < 1.29 is 26.7 Å². The molecule has 1 atom stereocenters. The van der Waals surface area contributed by atoms with Crippen LogP contribution in [0.1, 0.15) is 54.1 Å². The van der Waals surface area contributed by atoms with Crippen molar-refractivity contribution in [2.24, 2.45) is 0 Å². The summed E-state index contributed by atoms with van der Waals surface area (Å²) in [5.41, 5.74) is 1.49. The fourth-order valence-electron chi connectivity index (χ4n) is 3.59. The van der Waals surface area contributed by atoms with Crippen molar-refractivity contribution in [1.29, 1.82) is 0 Å². The van der Waals surface area contributed by atoms with Crippen molar-refractivity contribution in [3.63, 3.8) is 0 Å². The average Bonchev–Trinajstić information content (AvgIpc) is 3.18. The number of benzene rings is 1. The smallest absolute Gasteiger partial charge is 0.392 e. The second-order valence-electron chi connectivity index (χ2n) is 7.50. The van der Waals surface area contributed by atoms with Gasteiger partial charge in [-0.1, -0.05) is 18.2 Å². The number of aromatic nitrogens is 2. The van der Waals surface area contributed by atoms with Crippen LogP contribution in [0.2, 0.25) is 0 Å². The molecule has 1 aromatic carbocycles. The number of fused-ring (bicyclic) bond motifs is 1. The van der Waals surface area contributed by atoms with E-state index in [-0.39, 0.29) is 23.8 Å². The van der Waals surface area contributed by atoms with E-state index in [1.807, 2.05) is 12.1 Å². The molecule has 0 spiro atoms. The summed E-state index contributed by atoms with van der Waals surface area (Å²) in [6, 6.07) is 5.58. The maximum atomic E-state index is 13.0. The summed E-state index contributed by atoms with van der Waals surface area (Å²) in [5.74, 6) is 0.0734. The average molecular weight is 416 g/mol. The molecule has 0 radical (unpaired) electrons. The highest BCUT2D eigenvalue weighted by atomic mass is 32.2. The summed E-state index contributed by atoms with van der Waals surface area (Å²) in [6.07, 6.45) is -1.92. The first-order valence-corrected chi connectivity index (χ1v) is 10.8. The van der Waals surface area contributed by atoms with Gasteiger partial charge in [0.05, 0.1) is 24.2 Å². The molecule has 0 saturated heterocycles. The molecule has 0 fully saturated rings. The molecular weight excluding hydrogens is 393 g/mol. The Hall–Kier alpha value is -1.87. The van der Waals surface area contributed by atoms with Gasteiger partial charge in [-0.25, -0.2) is 8.42 Å². The molecule has 1 unspecified atom stereocenters. The molecule has 0 aliphatic heterocycles. The minimum atomic E-state index is -4.61. The third-order valence-corrected chi connectivity index (χ3v) is 7.49. The second-order valence-corrected chi connectivity index (χ2v) is 10.1. The van der Waals surface area contributed by atoms with Crippen LogP contribution in [0.15, 0.2) is 24.4 Å². The summed E-state index contributed by atoms with van der Waals surface area (Å²) in [6.45, 7) is 2.76. The zero-order valence-electron chi connectivity index (χ0n) is 15.7. The van der Waals surface area contributed by atoms with Crippen molar-refractivity contribution in [3.05, 3.63) is 52.3 Å². The van der Waals surface area contributed by atoms with Crippen LogP contribution in [0, 0.1) is 0 Å². The summed E-state index contributed by atoms with van der Waals surface area (Å²) in [4.78, 5) is 0. The Kier molecular flexibility index (Phi) is 5.60. The van der Waals surface area contributed by atoms with Crippen LogP contribution >= 0.6 is 0 Å². The standard InChI is InChI=1S/C19H23F3N2O3S/c1-12(2)28(26,27)11-15-5-4-14-7-13(3-6-17(14)15)8-24-9-16(10-25)18(23-24)19(20,21)22/h3,6-7,9,12,15,25H,4-5,8,10-11H2,1-2H3. The van der Waals surface area contributed by atoms with E-state index in [0.717, 1.165) is 29.5 Å². The lowest BCUT2D eigenvalue weighted by molar-refractivity contribution is -0.142. The van der Waals surface area contributed by atoms with Gasteiger partial charge in [-0.15, -0.1) is 0 Å². The lowest BCUT2D eigenvalue weighted by atomic mass is 10.0. The van der Waals surface area contributed by atoms with E-state index in [2.05, 4.69) is 5.10 Å². The number of aryl methyl sites for hydroxylation is 1. The molecule has 28 heavy (non-hydrogen) atoms. The van der Waals surface area contributed by atoms with Crippen LogP contribution in [-0.4, -0.2) is 34.3 Å². The predicted molar refractivity (Wildman–Crippen MR) is 98.7 cm³/mol. The van der Waals surface area contributed by atoms with Crippen molar-refractivity contribution >= 4 is 9.84 Å². The molecule has 2 aromatic rings. The topological polar surface area (TPSA) is 72.2 Å². The molecule has 5 nitrogen and oxygen atoms in total. The van der Waals surface area contributed by atoms with Crippen molar-refractivity contribution in [2.45, 2.75) is 57.2 Å². The fraction of sp³-hybridized carbons (Fsp3) is 0.526. The lowest BCUT2D eigenvalue weighted by Gasteiger charge is -2.15. The molecule has 154 valence electrons. The van der Waals surface area contributed by atoms with Crippen LogP contribution in [0.5, 0.6) is 0 Å². The molecule has 1 heterocycles. The minimum absolute atomic E-state index is 0.0426. The van der Waals surface area contributed by atoms with Crippen LogP contribution < -0.4 is 0 Å². The molecule has 0 saturated carbocycles. The Balaban J connectivity index is 1.80. The summed E-state index contributed by atoms with van der Waals surface area (Å²) >= 11 is 0. The van der Waals surface area contributed by atoms with Crippen LogP contribution in [0.4, 0.5) is 13.2 Å². The van der Waals surface area contributed by atoms with Gasteiger partial charge in [-0.3, -0.25) is 4.68 Å². The first-order valence-electron chi connectivity index (χ1n) is 9.09. The molecule has 1 aliphatic carbocycles. The first-order chi connectivity index (χ1) is 13.0. The highest BCUT2D eigenvalue weighted by Gasteiger charge is 2.37. The highest BCUT2D eigenvalue weighted by Crippen LogP contribution is 2.36. The Morgan fingerprint density at radius 3 is 2.61 bits per heavy atom. The van der Waals surface area contributed by atoms with Gasteiger partial charge in [-0.05, 0) is 49.3 Å². The number of nitrogens with zero attached hydrogens (tertiary/aromatic N) is 2. The van der Waals surface area contributed by atoms with Gasteiger partial charge in [0, 0.05) is 11.8 Å². The number of hydrogen-bond acceptors (Lipinski definition) is 4. The van der Waals surface area contributed by atoms with Crippen molar-refractivity contribution in [1.82, 2.24) is 9.78 Å². The quantitative estimate of drug-likeness (QED) is 0.784. The van der Waals surface area contributed by atoms with E-state index in [0.29, 0.717) is 0 Å². The highest BCUT2D eigenvalue weighted by molar-refractivity contribution is 7.92. The predicted octanol–water partition coefficient (Wildman–Crippen LogP) is 3.30. The van der Waals surface area contributed by atoms with E-state index < -0.39 is 33.6 Å². The number of aliphatic hydroxyl groups is 1. The Labute approximate surface area is 162 Å². The Morgan fingerprint density at radius 1 is 1.32 bits per heavy atom. The molecule has 9 heteroatoms. The molecular formula is C19H23F3N2O3S. The van der Waals surface area contributed by atoms with E-state index in [9.17, 15) is 21.6 Å². The van der Waals surface area contributed by atoms with Crippen molar-refractivity contribution in [3.8, 4) is 0 Å². The fourth-order valence-corrected chi connectivity index (χ4v) is 4.88. The van der Waals surface area contributed by atoms with Crippen LogP contribution in [0.25, 0.3) is 0 Å².